The molecule has 158 valence electrons. The van der Waals surface area contributed by atoms with Crippen molar-refractivity contribution in [1.82, 2.24) is 0 Å². The Bertz CT molecular complexity index is 1160. The van der Waals surface area contributed by atoms with E-state index in [1.807, 2.05) is 62.4 Å². The summed E-state index contributed by atoms with van der Waals surface area (Å²) in [6, 6.07) is 41.7. The van der Waals surface area contributed by atoms with Gasteiger partial charge >= 0.3 is 0 Å². The van der Waals surface area contributed by atoms with E-state index >= 15 is 0 Å². The van der Waals surface area contributed by atoms with Gasteiger partial charge in [-0.05, 0) is 19.4 Å². The average molecular weight is 436 g/mol. The Morgan fingerprint density at radius 2 is 0.875 bits per heavy atom. The van der Waals surface area contributed by atoms with Crippen LogP contribution < -0.4 is 15.9 Å². The van der Waals surface area contributed by atoms with Crippen LogP contribution in [-0.4, -0.2) is 11.5 Å². The second-order valence-corrected chi connectivity index (χ2v) is 10.5. The van der Waals surface area contributed by atoms with Gasteiger partial charge in [0.05, 0.1) is 12.8 Å². The van der Waals surface area contributed by atoms with Gasteiger partial charge in [-0.2, -0.15) is 5.10 Å². The van der Waals surface area contributed by atoms with Crippen LogP contribution in [0.15, 0.2) is 136 Å². The summed E-state index contributed by atoms with van der Waals surface area (Å²) in [5.41, 5.74) is 1.92. The van der Waals surface area contributed by atoms with Gasteiger partial charge < -0.3 is 0 Å². The summed E-state index contributed by atoms with van der Waals surface area (Å²) in [6.45, 7) is 3.91. The largest absolute Gasteiger partial charge is 0.237 e. The van der Waals surface area contributed by atoms with Gasteiger partial charge in [0.15, 0.2) is 0 Å². The number of nitrogens with zero attached hydrogens (tertiary/aromatic N) is 3. The summed E-state index contributed by atoms with van der Waals surface area (Å²) < 4.78 is 5.34. The van der Waals surface area contributed by atoms with Crippen LogP contribution in [0.3, 0.4) is 0 Å². The Hall–Kier alpha value is -3.55. The van der Waals surface area contributed by atoms with E-state index in [2.05, 4.69) is 83.0 Å². The third-order valence-corrected chi connectivity index (χ3v) is 8.95. The molecule has 0 radical (unpaired) electrons. The predicted octanol–water partition coefficient (Wildman–Crippen LogP) is 6.01. The molecule has 0 atom stereocenters. The molecule has 0 unspecified atom stereocenters. The molecule has 0 aliphatic heterocycles. The number of hydrogen-bond acceptors (Lipinski definition) is 2. The number of rotatable bonds is 5. The van der Waals surface area contributed by atoms with Crippen molar-refractivity contribution in [3.05, 3.63) is 127 Å². The minimum absolute atomic E-state index is 0.658. The minimum atomic E-state index is -2.32. The lowest BCUT2D eigenvalue weighted by Crippen LogP contribution is -2.26. The maximum absolute atomic E-state index is 5.34. The molecule has 0 aliphatic rings. The van der Waals surface area contributed by atoms with Crippen molar-refractivity contribution < 1.29 is 0 Å². The van der Waals surface area contributed by atoms with Crippen LogP contribution >= 0.6 is 7.05 Å². The highest BCUT2D eigenvalue weighted by Gasteiger charge is 2.27. The van der Waals surface area contributed by atoms with Crippen LogP contribution in [0, 0.1) is 0 Å². The predicted molar refractivity (Wildman–Crippen MR) is 139 cm³/mol. The molecule has 0 bridgehead atoms. The summed E-state index contributed by atoms with van der Waals surface area (Å²) in [5.74, 6) is 0.658. The van der Waals surface area contributed by atoms with Crippen LogP contribution in [0.1, 0.15) is 19.4 Å². The molecule has 0 heterocycles. The zero-order valence-electron chi connectivity index (χ0n) is 18.3. The second kappa shape index (κ2) is 10.2. The SMILES string of the molecule is C/C(N=P(c1ccccc1)(c1ccccc1)c1ccccc1)=N/N=C(/C)c1ccccc1. The lowest BCUT2D eigenvalue weighted by Gasteiger charge is -2.26. The first kappa shape index (κ1) is 21.7. The van der Waals surface area contributed by atoms with Crippen molar-refractivity contribution in [1.29, 1.82) is 0 Å². The fourth-order valence-electron chi connectivity index (χ4n) is 3.67. The van der Waals surface area contributed by atoms with Crippen LogP contribution in [0.2, 0.25) is 0 Å². The number of hydrogen-bond donors (Lipinski definition) is 0. The van der Waals surface area contributed by atoms with Crippen molar-refractivity contribution in [2.45, 2.75) is 13.8 Å². The monoisotopic (exact) mass is 435 g/mol. The standard InChI is InChI=1S/C28H26N3P/c1-23(25-15-7-3-8-16-25)29-30-24(2)31-32(26-17-9-4-10-18-26,27-19-11-5-12-20-27)28-21-13-6-14-22-28/h3-22H,1-2H3/b29-23-,30-24-. The number of amidine groups is 1. The van der Waals surface area contributed by atoms with Crippen LogP contribution in [-0.2, 0) is 0 Å². The topological polar surface area (TPSA) is 37.1 Å². The van der Waals surface area contributed by atoms with Gasteiger partial charge in [0.25, 0.3) is 0 Å². The zero-order chi connectivity index (χ0) is 22.2. The maximum Gasteiger partial charge on any atom is 0.147 e. The molecule has 0 saturated carbocycles. The van der Waals surface area contributed by atoms with Gasteiger partial charge in [0.2, 0.25) is 0 Å². The van der Waals surface area contributed by atoms with E-state index in [0.29, 0.717) is 5.84 Å². The summed E-state index contributed by atoms with van der Waals surface area (Å²) in [6.07, 6.45) is 0. The van der Waals surface area contributed by atoms with Crippen molar-refractivity contribution >= 4 is 34.5 Å². The molecule has 4 aromatic carbocycles. The second-order valence-electron chi connectivity index (χ2n) is 7.44. The molecule has 0 aliphatic carbocycles. The summed E-state index contributed by atoms with van der Waals surface area (Å²) in [4.78, 5) is 0. The highest BCUT2D eigenvalue weighted by Crippen LogP contribution is 2.46. The van der Waals surface area contributed by atoms with E-state index in [0.717, 1.165) is 11.3 Å². The normalized spacial score (nSPS) is 12.4. The van der Waals surface area contributed by atoms with Crippen LogP contribution in [0.5, 0.6) is 0 Å². The van der Waals surface area contributed by atoms with Gasteiger partial charge in [0.1, 0.15) is 5.84 Å². The fourth-order valence-corrected chi connectivity index (χ4v) is 7.20. The third-order valence-electron chi connectivity index (χ3n) is 5.22. The third kappa shape index (κ3) is 4.69. The summed E-state index contributed by atoms with van der Waals surface area (Å²) in [7, 11) is -2.32. The van der Waals surface area contributed by atoms with E-state index in [4.69, 9.17) is 4.74 Å². The lowest BCUT2D eigenvalue weighted by atomic mass is 10.1. The quantitative estimate of drug-likeness (QED) is 0.159. The van der Waals surface area contributed by atoms with E-state index < -0.39 is 7.05 Å². The highest BCUT2D eigenvalue weighted by atomic mass is 31.2. The average Bonchev–Trinajstić information content (AvgIpc) is 2.88. The molecule has 0 fully saturated rings. The Balaban J connectivity index is 1.94. The molecule has 0 spiro atoms. The van der Waals surface area contributed by atoms with E-state index in [9.17, 15) is 0 Å². The Morgan fingerprint density at radius 1 is 0.500 bits per heavy atom. The van der Waals surface area contributed by atoms with E-state index in [1.54, 1.807) is 0 Å². The molecule has 3 nitrogen and oxygen atoms in total. The smallest absolute Gasteiger partial charge is 0.147 e. The van der Waals surface area contributed by atoms with Crippen molar-refractivity contribution in [3.8, 4) is 0 Å². The van der Waals surface area contributed by atoms with Crippen molar-refractivity contribution in [2.75, 3.05) is 0 Å². The van der Waals surface area contributed by atoms with Crippen LogP contribution in [0.4, 0.5) is 0 Å². The molecule has 4 rings (SSSR count). The molecule has 32 heavy (non-hydrogen) atoms. The molecule has 4 aromatic rings. The van der Waals surface area contributed by atoms with Gasteiger partial charge in [-0.25, -0.2) is 4.74 Å². The molecule has 0 N–H and O–H groups in total. The Labute approximate surface area is 190 Å². The van der Waals surface area contributed by atoms with Gasteiger partial charge in [-0.1, -0.05) is 121 Å². The van der Waals surface area contributed by atoms with E-state index in [1.165, 1.54) is 15.9 Å². The Morgan fingerprint density at radius 3 is 1.28 bits per heavy atom. The molecule has 0 saturated heterocycles. The molecular weight excluding hydrogens is 409 g/mol. The highest BCUT2D eigenvalue weighted by molar-refractivity contribution is 7.87. The summed E-state index contributed by atoms with van der Waals surface area (Å²) >= 11 is 0. The van der Waals surface area contributed by atoms with Crippen molar-refractivity contribution in [3.63, 3.8) is 0 Å². The van der Waals surface area contributed by atoms with Crippen LogP contribution in [0.25, 0.3) is 0 Å². The fraction of sp³-hybridized carbons (Fsp3) is 0.0714. The minimum Gasteiger partial charge on any atom is -0.237 e. The van der Waals surface area contributed by atoms with Gasteiger partial charge in [-0.15, -0.1) is 5.10 Å². The van der Waals surface area contributed by atoms with E-state index in [-0.39, 0.29) is 0 Å². The first-order valence-corrected chi connectivity index (χ1v) is 12.4. The van der Waals surface area contributed by atoms with Gasteiger partial charge in [0, 0.05) is 15.9 Å². The van der Waals surface area contributed by atoms with Gasteiger partial charge in [-0.3, -0.25) is 0 Å². The maximum atomic E-state index is 5.34. The first-order chi connectivity index (χ1) is 15.7. The first-order valence-electron chi connectivity index (χ1n) is 10.6. The summed E-state index contributed by atoms with van der Waals surface area (Å²) in [5, 5.41) is 12.6. The number of benzene rings is 4. The lowest BCUT2D eigenvalue weighted by molar-refractivity contribution is 1.21. The molecular formula is C28H26N3P. The van der Waals surface area contributed by atoms with Crippen molar-refractivity contribution in [2.24, 2.45) is 14.9 Å². The molecule has 0 aromatic heterocycles. The molecule has 4 heteroatoms. The Kier molecular flexibility index (Phi) is 6.89. The molecule has 0 amide bonds. The zero-order valence-corrected chi connectivity index (χ0v) is 19.2.